The van der Waals surface area contributed by atoms with Crippen LogP contribution in [0.2, 0.25) is 0 Å². The van der Waals surface area contributed by atoms with Crippen molar-refractivity contribution in [3.05, 3.63) is 0 Å². The van der Waals surface area contributed by atoms with Gasteiger partial charge in [0.05, 0.1) is 17.6 Å². The van der Waals surface area contributed by atoms with Gasteiger partial charge < -0.3 is 0 Å². The van der Waals surface area contributed by atoms with Crippen LogP contribution in [0.25, 0.3) is 0 Å². The first-order valence-electron chi connectivity index (χ1n) is 3.01. The maximum atomic E-state index is 8.50. The van der Waals surface area contributed by atoms with Gasteiger partial charge in [-0.1, -0.05) is 0 Å². The third kappa shape index (κ3) is 1.17. The number of hydrogen-bond donors (Lipinski definition) is 0. The van der Waals surface area contributed by atoms with Gasteiger partial charge >= 0.3 is 0 Å². The van der Waals surface area contributed by atoms with Crippen molar-refractivity contribution in [2.45, 2.75) is 24.4 Å². The Kier molecular flexibility index (Phi) is 1.94. The molecular formula is C6H9ClN2. The van der Waals surface area contributed by atoms with Crippen LogP contribution >= 0.6 is 11.6 Å². The molecule has 0 aromatic heterocycles. The van der Waals surface area contributed by atoms with Crippen LogP contribution in [0.1, 0.15) is 12.8 Å². The fourth-order valence-corrected chi connectivity index (χ4v) is 1.32. The Bertz CT molecular complexity index is 140. The molecule has 1 fully saturated rings. The lowest BCUT2D eigenvalue weighted by Crippen LogP contribution is -2.27. The third-order valence-electron chi connectivity index (χ3n) is 1.76. The lowest BCUT2D eigenvalue weighted by molar-refractivity contribution is 0.337. The maximum Gasteiger partial charge on any atom is 0.0987 e. The molecule has 1 unspecified atom stereocenters. The minimum absolute atomic E-state index is 0.0486. The minimum atomic E-state index is 0.0486. The van der Waals surface area contributed by atoms with Crippen molar-refractivity contribution in [1.29, 1.82) is 5.26 Å². The molecule has 0 aromatic rings. The quantitative estimate of drug-likeness (QED) is 0.377. The summed E-state index contributed by atoms with van der Waals surface area (Å²) in [6.45, 7) is 0. The van der Waals surface area contributed by atoms with Gasteiger partial charge in [0.2, 0.25) is 0 Å². The lowest BCUT2D eigenvalue weighted by atomic mass is 10.2. The topological polar surface area (TPSA) is 27.0 Å². The van der Waals surface area contributed by atoms with Crippen LogP contribution in [0.4, 0.5) is 0 Å². The Labute approximate surface area is 60.0 Å². The molecule has 0 aromatic carbocycles. The standard InChI is InChI=1S/C6H9ClN2/c1-9-5(4-8)2-3-6(9)7/h5-6H,2-3H2,1H3/t5?,6-/m1/s1. The van der Waals surface area contributed by atoms with E-state index in [4.69, 9.17) is 16.9 Å². The highest BCUT2D eigenvalue weighted by Gasteiger charge is 2.27. The molecular weight excluding hydrogens is 136 g/mol. The molecule has 0 spiro atoms. The van der Waals surface area contributed by atoms with Gasteiger partial charge in [-0.05, 0) is 19.9 Å². The average Bonchev–Trinajstić information content (AvgIpc) is 2.15. The Balaban J connectivity index is 2.54. The smallest absolute Gasteiger partial charge is 0.0987 e. The largest absolute Gasteiger partial charge is 0.275 e. The van der Waals surface area contributed by atoms with Gasteiger partial charge in [0.25, 0.3) is 0 Å². The van der Waals surface area contributed by atoms with Gasteiger partial charge in [0.15, 0.2) is 0 Å². The van der Waals surface area contributed by atoms with E-state index < -0.39 is 0 Å². The fourth-order valence-electron chi connectivity index (χ4n) is 1.05. The summed E-state index contributed by atoms with van der Waals surface area (Å²) in [5.41, 5.74) is 0.0784. The molecule has 1 aliphatic heterocycles. The van der Waals surface area contributed by atoms with Gasteiger partial charge in [-0.25, -0.2) is 0 Å². The van der Waals surface area contributed by atoms with E-state index in [0.29, 0.717) is 0 Å². The molecule has 1 saturated heterocycles. The van der Waals surface area contributed by atoms with Gasteiger partial charge in [-0.15, -0.1) is 11.6 Å². The van der Waals surface area contributed by atoms with Crippen molar-refractivity contribution < 1.29 is 0 Å². The third-order valence-corrected chi connectivity index (χ3v) is 2.29. The molecule has 2 nitrogen and oxygen atoms in total. The van der Waals surface area contributed by atoms with Crippen molar-refractivity contribution in [3.63, 3.8) is 0 Å². The number of hydrogen-bond acceptors (Lipinski definition) is 2. The molecule has 0 aliphatic carbocycles. The number of likely N-dealkylation sites (tertiary alicyclic amines) is 1. The van der Waals surface area contributed by atoms with Gasteiger partial charge in [-0.2, -0.15) is 5.26 Å². The summed E-state index contributed by atoms with van der Waals surface area (Å²) in [5.74, 6) is 0. The maximum absolute atomic E-state index is 8.50. The Morgan fingerprint density at radius 3 is 2.56 bits per heavy atom. The molecule has 0 bridgehead atoms. The Hall–Kier alpha value is -0.260. The summed E-state index contributed by atoms with van der Waals surface area (Å²) in [5, 5.41) is 8.50. The van der Waals surface area contributed by atoms with Crippen LogP contribution in [-0.2, 0) is 0 Å². The van der Waals surface area contributed by atoms with Crippen LogP contribution in [0, 0.1) is 11.3 Å². The summed E-state index contributed by atoms with van der Waals surface area (Å²) in [7, 11) is 1.89. The van der Waals surface area contributed by atoms with E-state index in [1.807, 2.05) is 11.9 Å². The zero-order valence-electron chi connectivity index (χ0n) is 5.34. The summed E-state index contributed by atoms with van der Waals surface area (Å²) in [6.07, 6.45) is 1.86. The summed E-state index contributed by atoms with van der Waals surface area (Å²) in [6, 6.07) is 2.23. The predicted molar refractivity (Wildman–Crippen MR) is 36.0 cm³/mol. The normalized spacial score (nSPS) is 36.6. The number of nitriles is 1. The summed E-state index contributed by atoms with van der Waals surface area (Å²) >= 11 is 5.81. The highest BCUT2D eigenvalue weighted by Crippen LogP contribution is 2.23. The van der Waals surface area contributed by atoms with Crippen LogP contribution in [0.3, 0.4) is 0 Å². The van der Waals surface area contributed by atoms with Crippen LogP contribution in [0.5, 0.6) is 0 Å². The van der Waals surface area contributed by atoms with E-state index in [1.54, 1.807) is 0 Å². The van der Waals surface area contributed by atoms with Gasteiger partial charge in [0.1, 0.15) is 0 Å². The predicted octanol–water partition coefficient (Wildman–Crippen LogP) is 1.17. The van der Waals surface area contributed by atoms with Crippen molar-refractivity contribution >= 4 is 11.6 Å². The Morgan fingerprint density at radius 1 is 1.67 bits per heavy atom. The van der Waals surface area contributed by atoms with Crippen molar-refractivity contribution in [2.75, 3.05) is 7.05 Å². The molecule has 2 atom stereocenters. The molecule has 0 amide bonds. The van der Waals surface area contributed by atoms with Gasteiger partial charge in [0, 0.05) is 0 Å². The van der Waals surface area contributed by atoms with E-state index in [-0.39, 0.29) is 11.5 Å². The number of rotatable bonds is 0. The first-order chi connectivity index (χ1) is 4.25. The molecule has 50 valence electrons. The molecule has 0 radical (unpaired) electrons. The van der Waals surface area contributed by atoms with E-state index in [1.165, 1.54) is 0 Å². The van der Waals surface area contributed by atoms with Crippen molar-refractivity contribution in [1.82, 2.24) is 4.90 Å². The minimum Gasteiger partial charge on any atom is -0.275 e. The molecule has 1 rings (SSSR count). The van der Waals surface area contributed by atoms with Crippen molar-refractivity contribution in [2.24, 2.45) is 0 Å². The second kappa shape index (κ2) is 2.55. The van der Waals surface area contributed by atoms with Gasteiger partial charge in [-0.3, -0.25) is 4.90 Å². The first kappa shape index (κ1) is 6.85. The summed E-state index contributed by atoms with van der Waals surface area (Å²) in [4.78, 5) is 1.90. The zero-order valence-corrected chi connectivity index (χ0v) is 6.10. The summed E-state index contributed by atoms with van der Waals surface area (Å²) < 4.78 is 0. The molecule has 1 aliphatic rings. The van der Waals surface area contributed by atoms with Crippen LogP contribution < -0.4 is 0 Å². The molecule has 0 saturated carbocycles. The molecule has 3 heteroatoms. The fraction of sp³-hybridized carbons (Fsp3) is 0.833. The highest BCUT2D eigenvalue weighted by molar-refractivity contribution is 6.20. The molecule has 0 N–H and O–H groups in total. The SMILES string of the molecule is CN1C(C#N)CC[C@@H]1Cl. The molecule has 1 heterocycles. The van der Waals surface area contributed by atoms with Crippen LogP contribution in [-0.4, -0.2) is 23.5 Å². The van der Waals surface area contributed by atoms with E-state index in [2.05, 4.69) is 6.07 Å². The highest BCUT2D eigenvalue weighted by atomic mass is 35.5. The number of nitrogens with zero attached hydrogens (tertiary/aromatic N) is 2. The number of halogens is 1. The average molecular weight is 145 g/mol. The lowest BCUT2D eigenvalue weighted by Gasteiger charge is -2.14. The Morgan fingerprint density at radius 2 is 2.33 bits per heavy atom. The van der Waals surface area contributed by atoms with E-state index >= 15 is 0 Å². The zero-order chi connectivity index (χ0) is 6.85. The second-order valence-electron chi connectivity index (χ2n) is 2.32. The monoisotopic (exact) mass is 144 g/mol. The van der Waals surface area contributed by atoms with Crippen LogP contribution in [0.15, 0.2) is 0 Å². The first-order valence-corrected chi connectivity index (χ1v) is 3.45. The molecule has 9 heavy (non-hydrogen) atoms. The number of alkyl halides is 1. The second-order valence-corrected chi connectivity index (χ2v) is 2.83. The van der Waals surface area contributed by atoms with E-state index in [0.717, 1.165) is 12.8 Å². The van der Waals surface area contributed by atoms with Crippen molar-refractivity contribution in [3.8, 4) is 6.07 Å². The van der Waals surface area contributed by atoms with E-state index in [9.17, 15) is 0 Å².